The van der Waals surface area contributed by atoms with Gasteiger partial charge in [-0.2, -0.15) is 0 Å². The van der Waals surface area contributed by atoms with Gasteiger partial charge in [-0.1, -0.05) is 25.1 Å². The van der Waals surface area contributed by atoms with Gasteiger partial charge in [0.05, 0.1) is 12.2 Å². The number of aromatic nitrogens is 1. The molecule has 1 N–H and O–H groups in total. The van der Waals surface area contributed by atoms with Crippen LogP contribution in [0.25, 0.3) is 0 Å². The summed E-state index contributed by atoms with van der Waals surface area (Å²) in [6.45, 7) is 6.92. The molecule has 4 nitrogen and oxygen atoms in total. The van der Waals surface area contributed by atoms with Gasteiger partial charge in [0.1, 0.15) is 0 Å². The van der Waals surface area contributed by atoms with Crippen LogP contribution in [0.5, 0.6) is 0 Å². The van der Waals surface area contributed by atoms with Crippen molar-refractivity contribution < 1.29 is 4.52 Å². The van der Waals surface area contributed by atoms with E-state index in [1.54, 1.807) is 0 Å². The molecule has 0 bridgehead atoms. The first kappa shape index (κ1) is 14.8. The maximum atomic E-state index is 5.50. The second-order valence-electron chi connectivity index (χ2n) is 6.04. The van der Waals surface area contributed by atoms with E-state index in [9.17, 15) is 0 Å². The number of thiophene rings is 1. The highest BCUT2D eigenvalue weighted by atomic mass is 32.1. The molecule has 2 aromatic heterocycles. The minimum Gasteiger partial charge on any atom is -0.360 e. The summed E-state index contributed by atoms with van der Waals surface area (Å²) in [5.41, 5.74) is 0.991. The van der Waals surface area contributed by atoms with E-state index in [0.717, 1.165) is 37.1 Å². The van der Waals surface area contributed by atoms with Crippen LogP contribution >= 0.6 is 11.3 Å². The summed E-state index contributed by atoms with van der Waals surface area (Å²) in [5.74, 6) is 0.971. The van der Waals surface area contributed by atoms with Crippen LogP contribution in [0.1, 0.15) is 43.0 Å². The van der Waals surface area contributed by atoms with Crippen molar-refractivity contribution in [3.8, 4) is 0 Å². The Hall–Kier alpha value is -1.17. The summed E-state index contributed by atoms with van der Waals surface area (Å²) in [6.07, 6.45) is 2.61. The fraction of sp³-hybridized carbons (Fsp3) is 0.562. The zero-order chi connectivity index (χ0) is 14.7. The first-order valence-corrected chi connectivity index (χ1v) is 8.53. The van der Waals surface area contributed by atoms with E-state index >= 15 is 0 Å². The number of hydrogen-bond donors (Lipinski definition) is 1. The highest BCUT2D eigenvalue weighted by molar-refractivity contribution is 7.09. The molecular weight excluding hydrogens is 282 g/mol. The second kappa shape index (κ2) is 6.73. The molecule has 2 heterocycles. The quantitative estimate of drug-likeness (QED) is 0.811. The topological polar surface area (TPSA) is 41.3 Å². The van der Waals surface area contributed by atoms with Crippen molar-refractivity contribution >= 4 is 11.3 Å². The molecule has 0 unspecified atom stereocenters. The molecule has 1 aliphatic carbocycles. The van der Waals surface area contributed by atoms with Gasteiger partial charge in [0.2, 0.25) is 0 Å². The molecule has 1 fully saturated rings. The SMILES string of the molecule is CC(C)NCc1cc(CN(Cc2cccs2)C2CC2)on1. The number of nitrogens with one attached hydrogen (secondary N) is 1. The zero-order valence-corrected chi connectivity index (χ0v) is 13.5. The van der Waals surface area contributed by atoms with Gasteiger partial charge in [0.25, 0.3) is 0 Å². The van der Waals surface area contributed by atoms with Gasteiger partial charge in [-0.25, -0.2) is 0 Å². The minimum absolute atomic E-state index is 0.465. The summed E-state index contributed by atoms with van der Waals surface area (Å²) < 4.78 is 5.50. The predicted molar refractivity (Wildman–Crippen MR) is 85.1 cm³/mol. The second-order valence-corrected chi connectivity index (χ2v) is 7.07. The Labute approximate surface area is 130 Å². The molecule has 0 spiro atoms. The van der Waals surface area contributed by atoms with E-state index in [0.29, 0.717) is 6.04 Å². The Kier molecular flexibility index (Phi) is 4.73. The van der Waals surface area contributed by atoms with Crippen LogP contribution in [-0.2, 0) is 19.6 Å². The van der Waals surface area contributed by atoms with E-state index < -0.39 is 0 Å². The van der Waals surface area contributed by atoms with E-state index in [2.05, 4.69) is 52.8 Å². The molecule has 2 aromatic rings. The fourth-order valence-corrected chi connectivity index (χ4v) is 3.11. The van der Waals surface area contributed by atoms with Crippen molar-refractivity contribution in [2.45, 2.75) is 58.4 Å². The number of rotatable bonds is 8. The van der Waals surface area contributed by atoms with Crippen LogP contribution in [0.4, 0.5) is 0 Å². The monoisotopic (exact) mass is 305 g/mol. The predicted octanol–water partition coefficient (Wildman–Crippen LogP) is 3.40. The molecule has 1 aliphatic rings. The first-order valence-electron chi connectivity index (χ1n) is 7.65. The summed E-state index contributed by atoms with van der Waals surface area (Å²) in [4.78, 5) is 3.93. The molecule has 0 radical (unpaired) electrons. The Morgan fingerprint density at radius 3 is 2.95 bits per heavy atom. The van der Waals surface area contributed by atoms with Gasteiger partial charge in [-0.3, -0.25) is 4.90 Å². The van der Waals surface area contributed by atoms with E-state index in [-0.39, 0.29) is 0 Å². The van der Waals surface area contributed by atoms with Gasteiger partial charge in [-0.05, 0) is 24.3 Å². The van der Waals surface area contributed by atoms with Crippen LogP contribution in [0.15, 0.2) is 28.1 Å². The average molecular weight is 305 g/mol. The van der Waals surface area contributed by atoms with Crippen LogP contribution < -0.4 is 5.32 Å². The number of nitrogens with zero attached hydrogens (tertiary/aromatic N) is 2. The van der Waals surface area contributed by atoms with Gasteiger partial charge in [-0.15, -0.1) is 11.3 Å². The largest absolute Gasteiger partial charge is 0.360 e. The summed E-state index contributed by atoms with van der Waals surface area (Å²) in [6, 6.07) is 7.59. The van der Waals surface area contributed by atoms with E-state index in [1.807, 2.05) is 11.3 Å². The van der Waals surface area contributed by atoms with Crippen molar-refractivity contribution in [3.63, 3.8) is 0 Å². The maximum absolute atomic E-state index is 5.50. The molecule has 3 rings (SSSR count). The number of hydrogen-bond acceptors (Lipinski definition) is 5. The summed E-state index contributed by atoms with van der Waals surface area (Å²) in [5, 5.41) is 9.67. The molecule has 0 aliphatic heterocycles. The fourth-order valence-electron chi connectivity index (χ4n) is 2.38. The molecule has 114 valence electrons. The van der Waals surface area contributed by atoms with E-state index in [4.69, 9.17) is 4.52 Å². The van der Waals surface area contributed by atoms with Crippen molar-refractivity contribution in [2.24, 2.45) is 0 Å². The Balaban J connectivity index is 1.58. The summed E-state index contributed by atoms with van der Waals surface area (Å²) in [7, 11) is 0. The van der Waals surface area contributed by atoms with E-state index in [1.165, 1.54) is 17.7 Å². The molecule has 0 amide bonds. The Bertz CT molecular complexity index is 546. The third-order valence-corrected chi connectivity index (χ3v) is 4.52. The van der Waals surface area contributed by atoms with Gasteiger partial charge >= 0.3 is 0 Å². The van der Waals surface area contributed by atoms with Crippen molar-refractivity contribution in [2.75, 3.05) is 0 Å². The molecule has 1 saturated carbocycles. The van der Waals surface area contributed by atoms with Crippen LogP contribution in [-0.4, -0.2) is 22.1 Å². The Morgan fingerprint density at radius 1 is 1.43 bits per heavy atom. The lowest BCUT2D eigenvalue weighted by atomic mass is 10.3. The van der Waals surface area contributed by atoms with Gasteiger partial charge < -0.3 is 9.84 Å². The highest BCUT2D eigenvalue weighted by Gasteiger charge is 2.30. The lowest BCUT2D eigenvalue weighted by molar-refractivity contribution is 0.215. The molecule has 21 heavy (non-hydrogen) atoms. The van der Waals surface area contributed by atoms with Crippen molar-refractivity contribution in [3.05, 3.63) is 39.9 Å². The standard InChI is InChI=1S/C16H23N3OS/c1-12(2)17-9-13-8-15(20-18-13)10-19(14-5-6-14)11-16-4-3-7-21-16/h3-4,7-8,12,14,17H,5-6,9-11H2,1-2H3. The molecule has 5 heteroatoms. The lowest BCUT2D eigenvalue weighted by Gasteiger charge is -2.19. The molecular formula is C16H23N3OS. The minimum atomic E-state index is 0.465. The third-order valence-electron chi connectivity index (χ3n) is 3.66. The van der Waals surface area contributed by atoms with Crippen LogP contribution in [0.2, 0.25) is 0 Å². The van der Waals surface area contributed by atoms with Crippen LogP contribution in [0.3, 0.4) is 0 Å². The van der Waals surface area contributed by atoms with Crippen LogP contribution in [0, 0.1) is 0 Å². The maximum Gasteiger partial charge on any atom is 0.151 e. The van der Waals surface area contributed by atoms with Crippen molar-refractivity contribution in [1.82, 2.24) is 15.4 Å². The van der Waals surface area contributed by atoms with Gasteiger partial charge in [0, 0.05) is 36.1 Å². The Morgan fingerprint density at radius 2 is 2.29 bits per heavy atom. The normalized spacial score (nSPS) is 15.2. The summed E-state index contributed by atoms with van der Waals surface area (Å²) >= 11 is 1.83. The lowest BCUT2D eigenvalue weighted by Crippen LogP contribution is -2.24. The first-order chi connectivity index (χ1) is 10.2. The molecule has 0 atom stereocenters. The zero-order valence-electron chi connectivity index (χ0n) is 12.7. The highest BCUT2D eigenvalue weighted by Crippen LogP contribution is 2.30. The third kappa shape index (κ3) is 4.40. The van der Waals surface area contributed by atoms with Gasteiger partial charge in [0.15, 0.2) is 5.76 Å². The van der Waals surface area contributed by atoms with Crippen molar-refractivity contribution in [1.29, 1.82) is 0 Å². The molecule has 0 aromatic carbocycles. The molecule has 0 saturated heterocycles. The smallest absolute Gasteiger partial charge is 0.151 e. The average Bonchev–Trinajstić information content (AvgIpc) is 2.99.